The number of carbonyl (C=O) groups is 1. The lowest BCUT2D eigenvalue weighted by molar-refractivity contribution is 0.0594. The summed E-state index contributed by atoms with van der Waals surface area (Å²) in [6.45, 7) is 0.888. The fourth-order valence-corrected chi connectivity index (χ4v) is 5.14. The van der Waals surface area contributed by atoms with E-state index >= 15 is 0 Å². The molecule has 2 aromatic heterocycles. The van der Waals surface area contributed by atoms with E-state index in [0.29, 0.717) is 6.04 Å². The summed E-state index contributed by atoms with van der Waals surface area (Å²) in [5.41, 5.74) is 3.24. The van der Waals surface area contributed by atoms with E-state index in [2.05, 4.69) is 27.5 Å². The van der Waals surface area contributed by atoms with Crippen molar-refractivity contribution in [3.05, 3.63) is 39.3 Å². The van der Waals surface area contributed by atoms with Crippen LogP contribution in [0, 0.1) is 0 Å². The van der Waals surface area contributed by atoms with E-state index in [9.17, 15) is 4.79 Å². The van der Waals surface area contributed by atoms with Gasteiger partial charge in [-0.05, 0) is 69.2 Å². The fourth-order valence-electron chi connectivity index (χ4n) is 4.41. The minimum absolute atomic E-state index is 0.176. The fraction of sp³-hybridized carbons (Fsp3) is 0.600. The average molecular weight is 358 g/mol. The zero-order valence-corrected chi connectivity index (χ0v) is 15.9. The number of fused-ring (bicyclic) bond motifs is 1. The predicted molar refractivity (Wildman–Crippen MR) is 101 cm³/mol. The number of amides is 1. The van der Waals surface area contributed by atoms with Gasteiger partial charge < -0.3 is 4.90 Å². The van der Waals surface area contributed by atoms with Gasteiger partial charge in [-0.3, -0.25) is 9.48 Å². The lowest BCUT2D eigenvalue weighted by Gasteiger charge is -2.35. The number of thiophene rings is 1. The highest BCUT2D eigenvalue weighted by atomic mass is 32.1. The molecule has 0 saturated carbocycles. The van der Waals surface area contributed by atoms with Crippen molar-refractivity contribution in [2.24, 2.45) is 7.05 Å². The molecule has 25 heavy (non-hydrogen) atoms. The van der Waals surface area contributed by atoms with Crippen LogP contribution in [0.15, 0.2) is 17.5 Å². The topological polar surface area (TPSA) is 38.1 Å². The van der Waals surface area contributed by atoms with E-state index in [-0.39, 0.29) is 5.91 Å². The number of nitrogens with zero attached hydrogens (tertiary/aromatic N) is 3. The first-order chi connectivity index (χ1) is 12.2. The molecule has 1 saturated heterocycles. The third kappa shape index (κ3) is 3.39. The van der Waals surface area contributed by atoms with Crippen molar-refractivity contribution in [1.29, 1.82) is 0 Å². The molecule has 0 radical (unpaired) electrons. The van der Waals surface area contributed by atoms with Crippen LogP contribution in [-0.2, 0) is 26.3 Å². The summed E-state index contributed by atoms with van der Waals surface area (Å²) in [6, 6.07) is 4.68. The molecule has 1 atom stereocenters. The van der Waals surface area contributed by atoms with Gasteiger partial charge in [-0.2, -0.15) is 5.10 Å². The lowest BCUT2D eigenvalue weighted by Crippen LogP contribution is -2.44. The van der Waals surface area contributed by atoms with Crippen LogP contribution in [0.25, 0.3) is 0 Å². The first-order valence-electron chi connectivity index (χ1n) is 9.62. The number of aryl methyl sites for hydroxylation is 2. The van der Waals surface area contributed by atoms with Crippen LogP contribution in [0.3, 0.4) is 0 Å². The maximum atomic E-state index is 13.3. The summed E-state index contributed by atoms with van der Waals surface area (Å²) in [7, 11) is 1.99. The van der Waals surface area contributed by atoms with Gasteiger partial charge in [0.2, 0.25) is 0 Å². The number of hydrogen-bond acceptors (Lipinski definition) is 3. The maximum absolute atomic E-state index is 13.3. The van der Waals surface area contributed by atoms with Crippen molar-refractivity contribution in [3.8, 4) is 0 Å². The molecule has 0 N–H and O–H groups in total. The van der Waals surface area contributed by atoms with Crippen molar-refractivity contribution in [2.75, 3.05) is 6.54 Å². The molecule has 2 aliphatic rings. The van der Waals surface area contributed by atoms with Gasteiger partial charge in [0.25, 0.3) is 5.91 Å². The zero-order chi connectivity index (χ0) is 17.2. The van der Waals surface area contributed by atoms with Crippen LogP contribution in [0.4, 0.5) is 0 Å². The number of hydrogen-bond donors (Lipinski definition) is 0. The quantitative estimate of drug-likeness (QED) is 0.830. The zero-order valence-electron chi connectivity index (χ0n) is 15.0. The SMILES string of the molecule is Cn1nc(C(=O)N2CCCC[C@H]2CCc2cccs2)c2c1CCCC2. The molecule has 1 amide bonds. The summed E-state index contributed by atoms with van der Waals surface area (Å²) < 4.78 is 1.95. The molecule has 5 heteroatoms. The number of piperidine rings is 1. The summed E-state index contributed by atoms with van der Waals surface area (Å²) in [4.78, 5) is 16.9. The molecule has 1 fully saturated rings. The summed E-state index contributed by atoms with van der Waals surface area (Å²) >= 11 is 1.82. The van der Waals surface area contributed by atoms with Gasteiger partial charge in [-0.15, -0.1) is 11.3 Å². The predicted octanol–water partition coefficient (Wildman–Crippen LogP) is 3.99. The van der Waals surface area contributed by atoms with Gasteiger partial charge in [0, 0.05) is 35.8 Å². The Balaban J connectivity index is 1.53. The van der Waals surface area contributed by atoms with Gasteiger partial charge in [-0.1, -0.05) is 6.07 Å². The molecule has 4 rings (SSSR count). The molecule has 0 bridgehead atoms. The normalized spacial score (nSPS) is 20.5. The second-order valence-corrected chi connectivity index (χ2v) is 8.40. The third-order valence-corrected chi connectivity index (χ3v) is 6.70. The van der Waals surface area contributed by atoms with Crippen LogP contribution in [0.2, 0.25) is 0 Å². The molecule has 0 spiro atoms. The smallest absolute Gasteiger partial charge is 0.274 e. The van der Waals surface area contributed by atoms with Crippen molar-refractivity contribution in [2.45, 2.75) is 63.8 Å². The van der Waals surface area contributed by atoms with Gasteiger partial charge in [0.05, 0.1) is 0 Å². The number of aromatic nitrogens is 2. The van der Waals surface area contributed by atoms with Crippen molar-refractivity contribution < 1.29 is 4.79 Å². The minimum atomic E-state index is 0.176. The summed E-state index contributed by atoms with van der Waals surface area (Å²) in [6.07, 6.45) is 10.1. The van der Waals surface area contributed by atoms with Crippen molar-refractivity contribution in [1.82, 2.24) is 14.7 Å². The van der Waals surface area contributed by atoms with Gasteiger partial charge in [-0.25, -0.2) is 0 Å². The van der Waals surface area contributed by atoms with Crippen LogP contribution in [0.5, 0.6) is 0 Å². The Kier molecular flexibility index (Phi) is 4.93. The van der Waals surface area contributed by atoms with Gasteiger partial charge in [0.1, 0.15) is 0 Å². The Morgan fingerprint density at radius 2 is 2.16 bits per heavy atom. The van der Waals surface area contributed by atoms with Crippen LogP contribution < -0.4 is 0 Å². The van der Waals surface area contributed by atoms with Crippen LogP contribution in [-0.4, -0.2) is 33.2 Å². The molecule has 3 heterocycles. The molecule has 4 nitrogen and oxygen atoms in total. The van der Waals surface area contributed by atoms with E-state index in [0.717, 1.165) is 50.8 Å². The molecular weight excluding hydrogens is 330 g/mol. The Morgan fingerprint density at radius 1 is 1.28 bits per heavy atom. The highest BCUT2D eigenvalue weighted by molar-refractivity contribution is 7.09. The third-order valence-electron chi connectivity index (χ3n) is 5.76. The average Bonchev–Trinajstić information content (AvgIpc) is 3.28. The highest BCUT2D eigenvalue weighted by Crippen LogP contribution is 2.28. The second kappa shape index (κ2) is 7.32. The summed E-state index contributed by atoms with van der Waals surface area (Å²) in [5, 5.41) is 6.78. The Labute approximate surface area is 153 Å². The molecule has 0 unspecified atom stereocenters. The largest absolute Gasteiger partial charge is 0.334 e. The molecule has 134 valence electrons. The van der Waals surface area contributed by atoms with E-state index in [1.54, 1.807) is 0 Å². The summed E-state index contributed by atoms with van der Waals surface area (Å²) in [5.74, 6) is 0.176. The van der Waals surface area contributed by atoms with E-state index in [1.807, 2.05) is 23.1 Å². The minimum Gasteiger partial charge on any atom is -0.334 e. The lowest BCUT2D eigenvalue weighted by atomic mass is 9.93. The molecule has 1 aliphatic heterocycles. The van der Waals surface area contributed by atoms with E-state index in [1.165, 1.54) is 35.4 Å². The Bertz CT molecular complexity index is 734. The van der Waals surface area contributed by atoms with Crippen LogP contribution in [0.1, 0.15) is 65.1 Å². The monoisotopic (exact) mass is 357 g/mol. The number of rotatable bonds is 4. The van der Waals surface area contributed by atoms with Crippen molar-refractivity contribution >= 4 is 17.2 Å². The van der Waals surface area contributed by atoms with Crippen molar-refractivity contribution in [3.63, 3.8) is 0 Å². The molecular formula is C20H27N3OS. The molecule has 2 aromatic rings. The van der Waals surface area contributed by atoms with Gasteiger partial charge >= 0.3 is 0 Å². The number of carbonyl (C=O) groups excluding carboxylic acids is 1. The first-order valence-corrected chi connectivity index (χ1v) is 10.5. The van der Waals surface area contributed by atoms with E-state index in [4.69, 9.17) is 0 Å². The first kappa shape index (κ1) is 16.8. The number of likely N-dealkylation sites (tertiary alicyclic amines) is 1. The van der Waals surface area contributed by atoms with Gasteiger partial charge in [0.15, 0.2) is 5.69 Å². The Hall–Kier alpha value is -1.62. The maximum Gasteiger partial charge on any atom is 0.274 e. The van der Waals surface area contributed by atoms with Crippen LogP contribution >= 0.6 is 11.3 Å². The Morgan fingerprint density at radius 3 is 3.00 bits per heavy atom. The van der Waals surface area contributed by atoms with E-state index < -0.39 is 0 Å². The standard InChI is InChI=1S/C20H27N3OS/c1-22-18-10-3-2-9-17(18)19(21-22)20(24)23-13-5-4-7-15(23)11-12-16-8-6-14-25-16/h6,8,14-15H,2-5,7,9-13H2,1H3/t15-/m0/s1. The second-order valence-electron chi connectivity index (χ2n) is 7.37. The molecule has 1 aliphatic carbocycles. The molecule has 0 aromatic carbocycles. The highest BCUT2D eigenvalue weighted by Gasteiger charge is 2.32.